The average Bonchev–Trinajstić information content (AvgIpc) is 2.52. The van der Waals surface area contributed by atoms with Gasteiger partial charge in [-0.3, -0.25) is 4.79 Å². The highest BCUT2D eigenvalue weighted by molar-refractivity contribution is 5.70. The molecule has 2 unspecified atom stereocenters. The summed E-state index contributed by atoms with van der Waals surface area (Å²) in [6.07, 6.45) is -9.34. The van der Waals surface area contributed by atoms with Crippen LogP contribution < -0.4 is 15.2 Å². The molecule has 1 rings (SSSR count). The average molecular weight is 417 g/mol. The van der Waals surface area contributed by atoms with Crippen LogP contribution in [0.1, 0.15) is 31.7 Å². The molecule has 160 valence electrons. The van der Waals surface area contributed by atoms with Crippen molar-refractivity contribution < 1.29 is 45.7 Å². The molecule has 0 amide bonds. The number of aliphatic carboxylic acids is 1. The Bertz CT molecular complexity index is 648. The molecular weight excluding hydrogens is 396 g/mol. The zero-order chi connectivity index (χ0) is 21.5. The quantitative estimate of drug-likeness (QED) is 0.548. The van der Waals surface area contributed by atoms with Gasteiger partial charge in [0.2, 0.25) is 0 Å². The smallest absolute Gasteiger partial charge is 0.481 e. The maximum absolute atomic E-state index is 12.6. The number of ether oxygens (including phenoxy) is 2. The second kappa shape index (κ2) is 9.85. The Morgan fingerprint density at radius 1 is 1.14 bits per heavy atom. The second-order valence-corrected chi connectivity index (χ2v) is 6.34. The Morgan fingerprint density at radius 2 is 1.75 bits per heavy atom. The van der Waals surface area contributed by atoms with Crippen molar-refractivity contribution in [2.45, 2.75) is 45.3 Å². The van der Waals surface area contributed by atoms with E-state index in [4.69, 9.17) is 10.8 Å². The monoisotopic (exact) mass is 417 g/mol. The van der Waals surface area contributed by atoms with E-state index >= 15 is 0 Å². The molecule has 0 radical (unpaired) electrons. The summed E-state index contributed by atoms with van der Waals surface area (Å²) >= 11 is 0. The van der Waals surface area contributed by atoms with E-state index in [0.29, 0.717) is 12.8 Å². The number of hydrogen-bond donors (Lipinski definition) is 2. The first kappa shape index (κ1) is 23.9. The van der Waals surface area contributed by atoms with Crippen molar-refractivity contribution in [3.63, 3.8) is 0 Å². The van der Waals surface area contributed by atoms with Crippen LogP contribution in [0.5, 0.6) is 11.5 Å². The van der Waals surface area contributed by atoms with Crippen LogP contribution in [0.4, 0.5) is 26.3 Å². The van der Waals surface area contributed by atoms with Crippen molar-refractivity contribution in [3.8, 4) is 11.5 Å². The van der Waals surface area contributed by atoms with Crippen molar-refractivity contribution in [1.29, 1.82) is 0 Å². The van der Waals surface area contributed by atoms with Gasteiger partial charge in [-0.1, -0.05) is 25.5 Å². The highest BCUT2D eigenvalue weighted by Gasteiger charge is 2.37. The van der Waals surface area contributed by atoms with Crippen molar-refractivity contribution >= 4 is 5.97 Å². The highest BCUT2D eigenvalue weighted by atomic mass is 19.4. The molecule has 1 aromatic rings. The Balaban J connectivity index is 2.86. The molecule has 0 heterocycles. The van der Waals surface area contributed by atoms with Gasteiger partial charge in [0.1, 0.15) is 0 Å². The third-order valence-electron chi connectivity index (χ3n) is 3.97. The van der Waals surface area contributed by atoms with E-state index in [1.54, 1.807) is 6.92 Å². The summed E-state index contributed by atoms with van der Waals surface area (Å²) in [5.74, 6) is -3.98. The van der Waals surface area contributed by atoms with E-state index < -0.39 is 36.1 Å². The van der Waals surface area contributed by atoms with Crippen LogP contribution in [-0.2, 0) is 11.2 Å². The number of halogens is 6. The molecule has 0 fully saturated rings. The predicted octanol–water partition coefficient (Wildman–Crippen LogP) is 4.49. The summed E-state index contributed by atoms with van der Waals surface area (Å²) in [6, 6.07) is 3.09. The first-order valence-electron chi connectivity index (χ1n) is 8.38. The minimum absolute atomic E-state index is 0.00876. The Labute approximate surface area is 157 Å². The summed E-state index contributed by atoms with van der Waals surface area (Å²) in [7, 11) is 0. The lowest BCUT2D eigenvalue weighted by Gasteiger charge is -2.19. The van der Waals surface area contributed by atoms with Crippen LogP contribution in [0.3, 0.4) is 0 Å². The lowest BCUT2D eigenvalue weighted by Crippen LogP contribution is -2.25. The number of alkyl halides is 6. The summed E-state index contributed by atoms with van der Waals surface area (Å²) < 4.78 is 82.6. The fraction of sp³-hybridized carbons (Fsp3) is 0.588. The van der Waals surface area contributed by atoms with Crippen molar-refractivity contribution in [2.24, 2.45) is 17.6 Å². The first-order chi connectivity index (χ1) is 12.8. The summed E-state index contributed by atoms with van der Waals surface area (Å²) in [5.41, 5.74) is 5.28. The van der Waals surface area contributed by atoms with E-state index in [1.807, 2.05) is 0 Å². The van der Waals surface area contributed by atoms with E-state index in [9.17, 15) is 31.1 Å². The number of hydrogen-bond acceptors (Lipinski definition) is 4. The largest absolute Gasteiger partial charge is 0.573 e. The van der Waals surface area contributed by atoms with Crippen molar-refractivity contribution in [3.05, 3.63) is 23.8 Å². The van der Waals surface area contributed by atoms with E-state index in [0.717, 1.165) is 12.1 Å². The zero-order valence-corrected chi connectivity index (χ0v) is 14.9. The molecule has 0 aliphatic carbocycles. The molecule has 0 aromatic heterocycles. The molecular formula is C17H21F6NO4. The summed E-state index contributed by atoms with van der Waals surface area (Å²) in [4.78, 5) is 11.0. The Hall–Kier alpha value is -2.17. The predicted molar refractivity (Wildman–Crippen MR) is 86.7 cm³/mol. The maximum Gasteiger partial charge on any atom is 0.573 e. The van der Waals surface area contributed by atoms with Gasteiger partial charge < -0.3 is 20.3 Å². The summed E-state index contributed by atoms with van der Waals surface area (Å²) in [6.45, 7) is 1.72. The lowest BCUT2D eigenvalue weighted by atomic mass is 9.91. The number of carboxylic acids is 1. The van der Waals surface area contributed by atoms with Crippen LogP contribution >= 0.6 is 0 Å². The number of para-hydroxylation sites is 1. The molecule has 3 N–H and O–H groups in total. The molecule has 0 aliphatic heterocycles. The molecule has 0 saturated carbocycles. The Morgan fingerprint density at radius 3 is 2.25 bits per heavy atom. The third kappa shape index (κ3) is 8.68. The van der Waals surface area contributed by atoms with Crippen LogP contribution in [0, 0.1) is 11.8 Å². The normalized spacial score (nSPS) is 14.4. The maximum atomic E-state index is 12.6. The number of aryl methyl sites for hydroxylation is 1. The standard InChI is InChI=1S/C17H21F6NO4/c1-10(8-12(9-24)15(25)26)4-2-5-11-6-3-7-13(27-16(18,19)20)14(11)28-17(21,22)23/h3,6-7,10,12H,2,4-5,8-9,24H2,1H3,(H,25,26). The van der Waals surface area contributed by atoms with Crippen LogP contribution in [0.25, 0.3) is 0 Å². The van der Waals surface area contributed by atoms with Gasteiger partial charge in [0.05, 0.1) is 5.92 Å². The Kier molecular flexibility index (Phi) is 8.40. The van der Waals surface area contributed by atoms with Gasteiger partial charge in [0.15, 0.2) is 11.5 Å². The number of nitrogens with two attached hydrogens (primary N) is 1. The fourth-order valence-corrected chi connectivity index (χ4v) is 2.74. The molecule has 0 aliphatic rings. The molecule has 11 heteroatoms. The SMILES string of the molecule is CC(CCCc1cccc(OC(F)(F)F)c1OC(F)(F)F)CC(CN)C(=O)O. The van der Waals surface area contributed by atoms with Crippen molar-refractivity contribution in [2.75, 3.05) is 6.54 Å². The number of carboxylic acid groups (broad SMARTS) is 1. The minimum Gasteiger partial charge on any atom is -0.481 e. The van der Waals surface area contributed by atoms with Gasteiger partial charge in [-0.05, 0) is 36.8 Å². The number of benzene rings is 1. The highest BCUT2D eigenvalue weighted by Crippen LogP contribution is 2.39. The minimum atomic E-state index is -5.19. The number of carbonyl (C=O) groups is 1. The molecule has 28 heavy (non-hydrogen) atoms. The number of rotatable bonds is 10. The van der Waals surface area contributed by atoms with E-state index in [-0.39, 0.29) is 30.9 Å². The van der Waals surface area contributed by atoms with Crippen LogP contribution in [0.2, 0.25) is 0 Å². The molecule has 0 saturated heterocycles. The molecule has 2 atom stereocenters. The van der Waals surface area contributed by atoms with Gasteiger partial charge in [0, 0.05) is 6.54 Å². The van der Waals surface area contributed by atoms with E-state index in [2.05, 4.69) is 9.47 Å². The lowest BCUT2D eigenvalue weighted by molar-refractivity contribution is -0.287. The molecule has 1 aromatic carbocycles. The topological polar surface area (TPSA) is 81.8 Å². The molecule has 5 nitrogen and oxygen atoms in total. The summed E-state index contributed by atoms with van der Waals surface area (Å²) in [5, 5.41) is 8.98. The molecule has 0 bridgehead atoms. The first-order valence-corrected chi connectivity index (χ1v) is 8.38. The fourth-order valence-electron chi connectivity index (χ4n) is 2.74. The van der Waals surface area contributed by atoms with Gasteiger partial charge in [0.25, 0.3) is 0 Å². The van der Waals surface area contributed by atoms with Crippen molar-refractivity contribution in [1.82, 2.24) is 0 Å². The third-order valence-corrected chi connectivity index (χ3v) is 3.97. The van der Waals surface area contributed by atoms with Gasteiger partial charge in [-0.2, -0.15) is 0 Å². The van der Waals surface area contributed by atoms with Gasteiger partial charge in [-0.25, -0.2) is 0 Å². The van der Waals surface area contributed by atoms with Crippen LogP contribution in [-0.4, -0.2) is 30.3 Å². The van der Waals surface area contributed by atoms with Gasteiger partial charge >= 0.3 is 18.7 Å². The van der Waals surface area contributed by atoms with Crippen LogP contribution in [0.15, 0.2) is 18.2 Å². The molecule has 0 spiro atoms. The van der Waals surface area contributed by atoms with E-state index in [1.165, 1.54) is 6.07 Å². The zero-order valence-electron chi connectivity index (χ0n) is 14.9. The second-order valence-electron chi connectivity index (χ2n) is 6.34. The van der Waals surface area contributed by atoms with Gasteiger partial charge in [-0.15, -0.1) is 26.3 Å².